The number of phenolic OH excluding ortho intramolecular Hbond substituents is 1. The molecule has 3 N–H and O–H groups in total. The zero-order valence-corrected chi connectivity index (χ0v) is 57.8. The highest BCUT2D eigenvalue weighted by Crippen LogP contribution is 2.31. The van der Waals surface area contributed by atoms with Crippen LogP contribution in [0.2, 0.25) is 0 Å². The molecule has 2 atom stereocenters. The molecule has 0 saturated heterocycles. The highest BCUT2D eigenvalue weighted by atomic mass is 32.2. The van der Waals surface area contributed by atoms with Gasteiger partial charge >= 0.3 is 0 Å². The Balaban J connectivity index is -0.0000000462. The van der Waals surface area contributed by atoms with E-state index < -0.39 is 0 Å². The number of allylic oxidation sites excluding steroid dienone is 2. The third kappa shape index (κ3) is 118. The number of fused-ring (bicyclic) bond motifs is 1. The average molecular weight is 1190 g/mol. The smallest absolute Gasteiger partial charge is 0.115 e. The molecule has 2 aromatic carbocycles. The molecule has 0 heterocycles. The molecule has 0 spiro atoms. The summed E-state index contributed by atoms with van der Waals surface area (Å²) in [4.78, 5) is 0. The first-order valence-electron chi connectivity index (χ1n) is 29.9. The largest absolute Gasteiger partial charge is 0.508 e. The van der Waals surface area contributed by atoms with Crippen molar-refractivity contribution in [2.45, 2.75) is 311 Å². The summed E-state index contributed by atoms with van der Waals surface area (Å²) in [6.07, 6.45) is 13.1. The minimum atomic E-state index is -0.148. The van der Waals surface area contributed by atoms with E-state index in [1.54, 1.807) is 24.6 Å². The molecule has 2 aromatic rings. The maximum absolute atomic E-state index is 8.99. The molecule has 81 heavy (non-hydrogen) atoms. The topological polar surface area (TPSA) is 60.7 Å². The first-order valence-corrected chi connectivity index (χ1v) is 32.0. The Labute approximate surface area is 531 Å². The first-order chi connectivity index (χ1) is 34.0. The quantitative estimate of drug-likeness (QED) is 0.134. The van der Waals surface area contributed by atoms with Crippen LogP contribution in [0.4, 0.5) is 0 Å². The van der Waals surface area contributed by atoms with Gasteiger partial charge in [0.1, 0.15) is 5.75 Å². The van der Waals surface area contributed by atoms with Gasteiger partial charge in [0.25, 0.3) is 0 Å². The van der Waals surface area contributed by atoms with Gasteiger partial charge in [0.05, 0.1) is 6.10 Å². The van der Waals surface area contributed by atoms with Gasteiger partial charge < -0.3 is 15.3 Å². The Morgan fingerprint density at radius 1 is 0.494 bits per heavy atom. The molecule has 0 aromatic heterocycles. The van der Waals surface area contributed by atoms with Crippen molar-refractivity contribution in [2.75, 3.05) is 24.4 Å². The van der Waals surface area contributed by atoms with Gasteiger partial charge in [0.15, 0.2) is 0 Å². The summed E-state index contributed by atoms with van der Waals surface area (Å²) in [5.41, 5.74) is 5.82. The predicted molar refractivity (Wildman–Crippen MR) is 401 cm³/mol. The fourth-order valence-corrected chi connectivity index (χ4v) is 5.57. The van der Waals surface area contributed by atoms with Crippen LogP contribution in [0.5, 0.6) is 5.75 Å². The summed E-state index contributed by atoms with van der Waals surface area (Å²) in [5, 5.41) is 25.8. The number of rotatable bonds is 15. The van der Waals surface area contributed by atoms with E-state index >= 15 is 0 Å². The molecular formula is C76H168O3S2. The van der Waals surface area contributed by atoms with E-state index in [2.05, 4.69) is 222 Å². The zero-order chi connectivity index (χ0) is 60.1. The Bertz CT molecular complexity index is 1310. The van der Waals surface area contributed by atoms with Crippen LogP contribution in [0.3, 0.4) is 0 Å². The second kappa shape index (κ2) is 82.8. The molecule has 502 valence electrons. The third-order valence-corrected chi connectivity index (χ3v) is 12.2. The van der Waals surface area contributed by atoms with Gasteiger partial charge in [0, 0.05) is 6.61 Å². The highest BCUT2D eigenvalue weighted by molar-refractivity contribution is 7.98. The SMILES string of the molecule is C.C.C.C.C.C.C.CC(C)C.CC(C)C(C)C.CC(C)C(C)O.CC(C)CC(C)C.CC(C)CC1=CCc2ccccc21.CC(C)CO.CC(C)CS.CC(C)Cc1ccc(O)cc1.CCC.CCC(C)C(C)C.CSCCC(C)C. The lowest BCUT2D eigenvalue weighted by molar-refractivity contribution is 0.144. The molecule has 0 bridgehead atoms. The van der Waals surface area contributed by atoms with Gasteiger partial charge in [-0.25, -0.2) is 0 Å². The number of aromatic hydroxyl groups is 1. The van der Waals surface area contributed by atoms with Crippen LogP contribution >= 0.6 is 24.4 Å². The van der Waals surface area contributed by atoms with Crippen molar-refractivity contribution in [2.24, 2.45) is 76.9 Å². The highest BCUT2D eigenvalue weighted by Gasteiger charge is 2.13. The Morgan fingerprint density at radius 3 is 1.04 bits per heavy atom. The minimum Gasteiger partial charge on any atom is -0.508 e. The molecule has 1 aliphatic carbocycles. The fourth-order valence-electron chi connectivity index (χ4n) is 4.86. The van der Waals surface area contributed by atoms with Gasteiger partial charge in [-0.2, -0.15) is 24.4 Å². The fraction of sp³-hybridized carbons (Fsp3) is 0.816. The summed E-state index contributed by atoms with van der Waals surface area (Å²) in [7, 11) is 0. The number of aliphatic hydroxyl groups is 2. The van der Waals surface area contributed by atoms with Crippen LogP contribution in [-0.2, 0) is 12.8 Å². The molecule has 0 fully saturated rings. The van der Waals surface area contributed by atoms with Crippen LogP contribution in [0.15, 0.2) is 54.6 Å². The van der Waals surface area contributed by atoms with Gasteiger partial charge in [-0.15, -0.1) is 0 Å². The third-order valence-electron chi connectivity index (χ3n) is 10.8. The number of hydrogen-bond donors (Lipinski definition) is 4. The maximum Gasteiger partial charge on any atom is 0.115 e. The summed E-state index contributed by atoms with van der Waals surface area (Å²) in [6.45, 7) is 65.6. The van der Waals surface area contributed by atoms with E-state index in [9.17, 15) is 0 Å². The number of aliphatic hydroxyl groups excluding tert-OH is 2. The Kier molecular flexibility index (Phi) is 120. The number of benzene rings is 2. The molecule has 3 nitrogen and oxygen atoms in total. The Hall–Kier alpha value is -1.40. The second-order valence-electron chi connectivity index (χ2n) is 25.3. The molecule has 0 amide bonds. The van der Waals surface area contributed by atoms with Crippen molar-refractivity contribution >= 4 is 30.0 Å². The molecule has 0 aliphatic heterocycles. The van der Waals surface area contributed by atoms with Gasteiger partial charge in [-0.05, 0) is 168 Å². The van der Waals surface area contributed by atoms with Crippen LogP contribution < -0.4 is 0 Å². The van der Waals surface area contributed by atoms with E-state index in [-0.39, 0.29) is 58.1 Å². The van der Waals surface area contributed by atoms with Crippen molar-refractivity contribution in [3.05, 3.63) is 71.3 Å². The summed E-state index contributed by atoms with van der Waals surface area (Å²) < 4.78 is 0. The molecule has 0 saturated carbocycles. The van der Waals surface area contributed by atoms with Gasteiger partial charge in [0.2, 0.25) is 0 Å². The minimum absolute atomic E-state index is 0. The van der Waals surface area contributed by atoms with Gasteiger partial charge in [-0.1, -0.05) is 308 Å². The van der Waals surface area contributed by atoms with Crippen LogP contribution in [0, 0.1) is 76.9 Å². The van der Waals surface area contributed by atoms with E-state index in [0.29, 0.717) is 30.1 Å². The molecule has 1 aliphatic rings. The zero-order valence-electron chi connectivity index (χ0n) is 56.0. The van der Waals surface area contributed by atoms with E-state index in [1.807, 2.05) is 51.6 Å². The molecular weight excluding hydrogens is 1020 g/mol. The van der Waals surface area contributed by atoms with Crippen molar-refractivity contribution in [3.63, 3.8) is 0 Å². The summed E-state index contributed by atoms with van der Waals surface area (Å²) in [6, 6.07) is 16.2. The normalized spacial score (nSPS) is 10.7. The summed E-state index contributed by atoms with van der Waals surface area (Å²) >= 11 is 5.95. The Morgan fingerprint density at radius 2 is 0.840 bits per heavy atom. The number of thioether (sulfide) groups is 1. The van der Waals surface area contributed by atoms with Crippen molar-refractivity contribution in [1.82, 2.24) is 0 Å². The average Bonchev–Trinajstić information content (AvgIpc) is 3.69. The number of phenols is 1. The van der Waals surface area contributed by atoms with Crippen LogP contribution in [0.25, 0.3) is 5.57 Å². The van der Waals surface area contributed by atoms with Crippen LogP contribution in [-0.4, -0.2) is 45.8 Å². The van der Waals surface area contributed by atoms with Gasteiger partial charge in [-0.3, -0.25) is 0 Å². The molecule has 2 unspecified atom stereocenters. The molecule has 5 heteroatoms. The number of hydrogen-bond acceptors (Lipinski definition) is 5. The molecule has 0 radical (unpaired) electrons. The summed E-state index contributed by atoms with van der Waals surface area (Å²) in [5.74, 6) is 12.6. The predicted octanol–water partition coefficient (Wildman–Crippen LogP) is 27.1. The van der Waals surface area contributed by atoms with Crippen molar-refractivity contribution < 1.29 is 15.3 Å². The standard InChI is InChI=1S/C13H16.C10H14O.2C7H16.C6H14S.C6H14.C5H12O.C4H10O.C4H10S.C4H10.C3H8.7CH4/c1-10(2)9-12-8-7-11-5-3-4-6-13(11)12;1-8(2)7-9-3-5-10(11)6-4-9;1-6(2)5-7(3)4;1-5-7(4)6(2)3;1-6(2)4-5-7-3;1-5(2)6(3)4;1-4(2)5(3)6;2*1-4(2)3-5;1-4(2)3;1-3-2;;;;;;;/h3-6,8,10H,7,9H2,1-2H3;3-6,8,11H,7H2,1-2H3;2*6-7H,5H2,1-4H3;6H,4-5H2,1-3H3;5-6H,1-4H3;4-6H,1-3H3;2*4-5H,3H2,1-2H3;4H,1-3H3;3H2,1-2H3;7*1H4. The van der Waals surface area contributed by atoms with E-state index in [4.69, 9.17) is 15.3 Å². The van der Waals surface area contributed by atoms with E-state index in [1.165, 1.54) is 54.5 Å². The maximum atomic E-state index is 8.99. The lowest BCUT2D eigenvalue weighted by Crippen LogP contribution is -2.07. The van der Waals surface area contributed by atoms with Crippen LogP contribution in [0.1, 0.15) is 308 Å². The lowest BCUT2D eigenvalue weighted by Gasteiger charge is -2.10. The second-order valence-corrected chi connectivity index (χ2v) is 26.7. The lowest BCUT2D eigenvalue weighted by atomic mass is 9.96. The number of thiol groups is 1. The molecule has 3 rings (SSSR count). The monoisotopic (exact) mass is 1190 g/mol. The first kappa shape index (κ1) is 118. The van der Waals surface area contributed by atoms with Crippen molar-refractivity contribution in [3.8, 4) is 5.75 Å². The van der Waals surface area contributed by atoms with Crippen molar-refractivity contribution in [1.29, 1.82) is 0 Å². The van der Waals surface area contributed by atoms with E-state index in [0.717, 1.165) is 77.8 Å².